The predicted octanol–water partition coefficient (Wildman–Crippen LogP) is 2.08. The number of likely N-dealkylation sites (tertiary alicyclic amines) is 1. The van der Waals surface area contributed by atoms with Crippen LogP contribution in [0.3, 0.4) is 0 Å². The van der Waals surface area contributed by atoms with Crippen LogP contribution in [0.15, 0.2) is 24.3 Å². The number of hydrogen-bond acceptors (Lipinski definition) is 3. The third kappa shape index (κ3) is 3.27. The van der Waals surface area contributed by atoms with Crippen LogP contribution in [-0.2, 0) is 23.1 Å². The van der Waals surface area contributed by atoms with Crippen molar-refractivity contribution < 1.29 is 14.7 Å². The van der Waals surface area contributed by atoms with Gasteiger partial charge < -0.3 is 14.6 Å². The van der Waals surface area contributed by atoms with Gasteiger partial charge in [-0.3, -0.25) is 9.59 Å². The zero-order chi connectivity index (χ0) is 17.3. The summed E-state index contributed by atoms with van der Waals surface area (Å²) in [5.41, 5.74) is 2.02. The van der Waals surface area contributed by atoms with Gasteiger partial charge in [-0.1, -0.05) is 12.1 Å². The molecule has 2 atom stereocenters. The Labute approximate surface area is 141 Å². The van der Waals surface area contributed by atoms with Crippen LogP contribution in [-0.4, -0.2) is 44.5 Å². The number of aromatic nitrogens is 2. The highest BCUT2D eigenvalue weighted by Gasteiger charge is 2.32. The standard InChI is InChI=1S/C18H23N3O3/c1-12(22)21-8-7-13(10-18(23)24)14(11-21)9-17-19-15-5-3-4-6-16(15)20(17)2/h3-6,13-14H,7-11H2,1-2H3,(H,23,24)/t13-,14-/m0/s1. The van der Waals surface area contributed by atoms with Crippen molar-refractivity contribution in [2.45, 2.75) is 26.2 Å². The molecule has 0 radical (unpaired) electrons. The van der Waals surface area contributed by atoms with Gasteiger partial charge in [0.2, 0.25) is 5.91 Å². The number of nitrogens with zero attached hydrogens (tertiary/aromatic N) is 3. The Hall–Kier alpha value is -2.37. The fraction of sp³-hybridized carbons (Fsp3) is 0.500. The molecule has 0 aliphatic carbocycles. The molecular weight excluding hydrogens is 306 g/mol. The smallest absolute Gasteiger partial charge is 0.303 e. The van der Waals surface area contributed by atoms with Crippen LogP contribution >= 0.6 is 0 Å². The summed E-state index contributed by atoms with van der Waals surface area (Å²) < 4.78 is 2.07. The van der Waals surface area contributed by atoms with Crippen molar-refractivity contribution >= 4 is 22.9 Å². The van der Waals surface area contributed by atoms with E-state index in [2.05, 4.69) is 4.57 Å². The summed E-state index contributed by atoms with van der Waals surface area (Å²) in [7, 11) is 1.99. The summed E-state index contributed by atoms with van der Waals surface area (Å²) in [5.74, 6) is 0.430. The molecule has 1 aliphatic heterocycles. The molecule has 0 unspecified atom stereocenters. The van der Waals surface area contributed by atoms with Crippen LogP contribution < -0.4 is 0 Å². The fourth-order valence-electron chi connectivity index (χ4n) is 3.70. The van der Waals surface area contributed by atoms with Gasteiger partial charge in [-0.05, 0) is 30.4 Å². The fourth-order valence-corrected chi connectivity index (χ4v) is 3.70. The van der Waals surface area contributed by atoms with Crippen molar-refractivity contribution in [1.29, 1.82) is 0 Å². The van der Waals surface area contributed by atoms with Gasteiger partial charge in [-0.2, -0.15) is 0 Å². The summed E-state index contributed by atoms with van der Waals surface area (Å²) in [4.78, 5) is 29.4. The topological polar surface area (TPSA) is 75.4 Å². The molecule has 1 amide bonds. The molecule has 6 heteroatoms. The zero-order valence-corrected chi connectivity index (χ0v) is 14.1. The SMILES string of the molecule is CC(=O)N1CC[C@@H](CC(=O)O)[C@@H](Cc2nc3ccccc3n2C)C1. The van der Waals surface area contributed by atoms with Crippen LogP contribution in [0.1, 0.15) is 25.6 Å². The summed E-state index contributed by atoms with van der Waals surface area (Å²) in [6.07, 6.45) is 1.58. The minimum Gasteiger partial charge on any atom is -0.481 e. The lowest BCUT2D eigenvalue weighted by atomic mass is 9.81. The van der Waals surface area contributed by atoms with Crippen molar-refractivity contribution in [2.24, 2.45) is 18.9 Å². The van der Waals surface area contributed by atoms with E-state index in [0.717, 1.165) is 23.3 Å². The number of fused-ring (bicyclic) bond motifs is 1. The van der Waals surface area contributed by atoms with E-state index in [4.69, 9.17) is 4.98 Å². The zero-order valence-electron chi connectivity index (χ0n) is 14.1. The molecule has 24 heavy (non-hydrogen) atoms. The number of aryl methyl sites for hydroxylation is 1. The Morgan fingerprint density at radius 2 is 2.04 bits per heavy atom. The number of rotatable bonds is 4. The second-order valence-corrected chi connectivity index (χ2v) is 6.65. The Balaban J connectivity index is 1.85. The number of aliphatic carboxylic acids is 1. The molecule has 128 valence electrons. The molecule has 0 saturated carbocycles. The summed E-state index contributed by atoms with van der Waals surface area (Å²) >= 11 is 0. The summed E-state index contributed by atoms with van der Waals surface area (Å²) in [6, 6.07) is 7.96. The van der Waals surface area contributed by atoms with E-state index in [-0.39, 0.29) is 24.2 Å². The Morgan fingerprint density at radius 1 is 1.29 bits per heavy atom. The molecule has 1 aliphatic rings. The number of para-hydroxylation sites is 2. The highest BCUT2D eigenvalue weighted by molar-refractivity contribution is 5.76. The average Bonchev–Trinajstić information content (AvgIpc) is 2.85. The van der Waals surface area contributed by atoms with Crippen LogP contribution in [0.4, 0.5) is 0 Å². The summed E-state index contributed by atoms with van der Waals surface area (Å²) in [5, 5.41) is 9.19. The lowest BCUT2D eigenvalue weighted by molar-refractivity contribution is -0.139. The first-order chi connectivity index (χ1) is 11.5. The van der Waals surface area contributed by atoms with Gasteiger partial charge in [-0.25, -0.2) is 4.98 Å². The first-order valence-corrected chi connectivity index (χ1v) is 8.33. The Kier molecular flexibility index (Phi) is 4.55. The molecule has 2 aromatic rings. The minimum atomic E-state index is -0.772. The van der Waals surface area contributed by atoms with Crippen LogP contribution in [0, 0.1) is 11.8 Å². The lowest BCUT2D eigenvalue weighted by Crippen LogP contribution is -2.44. The monoisotopic (exact) mass is 329 g/mol. The van der Waals surface area contributed by atoms with Crippen LogP contribution in [0.2, 0.25) is 0 Å². The Bertz CT molecular complexity index is 768. The van der Waals surface area contributed by atoms with Crippen molar-refractivity contribution in [3.05, 3.63) is 30.1 Å². The number of carboxylic acids is 1. The number of benzene rings is 1. The second-order valence-electron chi connectivity index (χ2n) is 6.65. The molecule has 1 aromatic carbocycles. The molecule has 1 aromatic heterocycles. The molecular formula is C18H23N3O3. The number of hydrogen-bond donors (Lipinski definition) is 1. The van der Waals surface area contributed by atoms with Crippen LogP contribution in [0.5, 0.6) is 0 Å². The number of carbonyl (C=O) groups is 2. The van der Waals surface area contributed by atoms with E-state index in [1.807, 2.05) is 36.2 Å². The first-order valence-electron chi connectivity index (χ1n) is 8.33. The molecule has 1 N–H and O–H groups in total. The quantitative estimate of drug-likeness (QED) is 0.932. The lowest BCUT2D eigenvalue weighted by Gasteiger charge is -2.37. The molecule has 0 bridgehead atoms. The second kappa shape index (κ2) is 6.63. The van der Waals surface area contributed by atoms with Gasteiger partial charge in [0.1, 0.15) is 5.82 Å². The number of piperidine rings is 1. The van der Waals surface area contributed by atoms with E-state index in [9.17, 15) is 14.7 Å². The number of imidazole rings is 1. The maximum atomic E-state index is 11.7. The normalized spacial score (nSPS) is 21.2. The average molecular weight is 329 g/mol. The van der Waals surface area contributed by atoms with Crippen molar-refractivity contribution in [3.8, 4) is 0 Å². The van der Waals surface area contributed by atoms with Crippen molar-refractivity contribution in [2.75, 3.05) is 13.1 Å². The van der Waals surface area contributed by atoms with Gasteiger partial charge in [0.25, 0.3) is 0 Å². The Morgan fingerprint density at radius 3 is 2.71 bits per heavy atom. The van der Waals surface area contributed by atoms with Gasteiger partial charge in [0.05, 0.1) is 11.0 Å². The minimum absolute atomic E-state index is 0.0544. The summed E-state index contributed by atoms with van der Waals surface area (Å²) in [6.45, 7) is 2.83. The molecule has 1 fully saturated rings. The molecule has 0 spiro atoms. The molecule has 6 nitrogen and oxygen atoms in total. The molecule has 1 saturated heterocycles. The van der Waals surface area contributed by atoms with Gasteiger partial charge in [-0.15, -0.1) is 0 Å². The van der Waals surface area contributed by atoms with Crippen LogP contribution in [0.25, 0.3) is 11.0 Å². The van der Waals surface area contributed by atoms with Crippen molar-refractivity contribution in [1.82, 2.24) is 14.5 Å². The first kappa shape index (κ1) is 16.5. The van der Waals surface area contributed by atoms with Gasteiger partial charge >= 0.3 is 5.97 Å². The largest absolute Gasteiger partial charge is 0.481 e. The number of amides is 1. The van der Waals surface area contributed by atoms with E-state index in [0.29, 0.717) is 19.5 Å². The number of carbonyl (C=O) groups excluding carboxylic acids is 1. The predicted molar refractivity (Wildman–Crippen MR) is 90.5 cm³/mol. The van der Waals surface area contributed by atoms with Crippen molar-refractivity contribution in [3.63, 3.8) is 0 Å². The van der Waals surface area contributed by atoms with Gasteiger partial charge in [0, 0.05) is 39.9 Å². The molecule has 2 heterocycles. The van der Waals surface area contributed by atoms with E-state index in [1.54, 1.807) is 6.92 Å². The number of carboxylic acid groups (broad SMARTS) is 1. The third-order valence-corrected chi connectivity index (χ3v) is 5.10. The third-order valence-electron chi connectivity index (χ3n) is 5.10. The molecule has 3 rings (SSSR count). The highest BCUT2D eigenvalue weighted by Crippen LogP contribution is 2.30. The maximum Gasteiger partial charge on any atom is 0.303 e. The van der Waals surface area contributed by atoms with E-state index in [1.165, 1.54) is 0 Å². The van der Waals surface area contributed by atoms with E-state index >= 15 is 0 Å². The highest BCUT2D eigenvalue weighted by atomic mass is 16.4. The maximum absolute atomic E-state index is 11.7. The van der Waals surface area contributed by atoms with E-state index < -0.39 is 5.97 Å². The van der Waals surface area contributed by atoms with Gasteiger partial charge in [0.15, 0.2) is 0 Å².